The summed E-state index contributed by atoms with van der Waals surface area (Å²) in [5.41, 5.74) is 1.91. The van der Waals surface area contributed by atoms with Crippen LogP contribution in [0, 0.1) is 0 Å². The van der Waals surface area contributed by atoms with Gasteiger partial charge in [-0.25, -0.2) is 0 Å². The lowest BCUT2D eigenvalue weighted by Gasteiger charge is -2.04. The molecule has 25 heavy (non-hydrogen) atoms. The smallest absolute Gasteiger partial charge is 0.248 e. The SMILES string of the molecule is C=CCn1c(=NC(=O)CCc2ccccc2)sc2ccc(Cl)c(Cl)c21. The topological polar surface area (TPSA) is 34.4 Å². The second-order valence-electron chi connectivity index (χ2n) is 5.48. The molecule has 0 saturated heterocycles. The normalized spacial score (nSPS) is 11.8. The van der Waals surface area contributed by atoms with Gasteiger partial charge < -0.3 is 4.57 Å². The summed E-state index contributed by atoms with van der Waals surface area (Å²) >= 11 is 13.9. The Morgan fingerprint density at radius 3 is 2.68 bits per heavy atom. The number of aromatic nitrogens is 1. The minimum absolute atomic E-state index is 0.157. The number of benzene rings is 2. The van der Waals surface area contributed by atoms with E-state index in [1.807, 2.05) is 41.0 Å². The van der Waals surface area contributed by atoms with Gasteiger partial charge in [-0.15, -0.1) is 6.58 Å². The van der Waals surface area contributed by atoms with E-state index in [1.54, 1.807) is 12.1 Å². The molecule has 1 aromatic heterocycles. The van der Waals surface area contributed by atoms with E-state index >= 15 is 0 Å². The van der Waals surface area contributed by atoms with Crippen LogP contribution in [0.25, 0.3) is 10.2 Å². The molecule has 128 valence electrons. The number of aryl methyl sites for hydroxylation is 1. The summed E-state index contributed by atoms with van der Waals surface area (Å²) < 4.78 is 2.81. The molecular formula is C19H16Cl2N2OS. The molecule has 0 aliphatic rings. The molecule has 0 atom stereocenters. The quantitative estimate of drug-likeness (QED) is 0.547. The van der Waals surface area contributed by atoms with Crippen LogP contribution in [0.1, 0.15) is 12.0 Å². The summed E-state index contributed by atoms with van der Waals surface area (Å²) in [4.78, 5) is 17.2. The number of carbonyl (C=O) groups is 1. The summed E-state index contributed by atoms with van der Waals surface area (Å²) in [5.74, 6) is -0.157. The van der Waals surface area contributed by atoms with Gasteiger partial charge in [-0.05, 0) is 24.1 Å². The predicted octanol–water partition coefficient (Wildman–Crippen LogP) is 5.26. The van der Waals surface area contributed by atoms with Crippen LogP contribution in [0.5, 0.6) is 0 Å². The van der Waals surface area contributed by atoms with Crippen LogP contribution in [0.15, 0.2) is 60.1 Å². The van der Waals surface area contributed by atoms with Crippen LogP contribution in [-0.4, -0.2) is 10.5 Å². The number of nitrogens with zero attached hydrogens (tertiary/aromatic N) is 2. The summed E-state index contributed by atoms with van der Waals surface area (Å²) in [7, 11) is 0. The van der Waals surface area contributed by atoms with E-state index < -0.39 is 0 Å². The largest absolute Gasteiger partial charge is 0.311 e. The molecule has 0 N–H and O–H groups in total. The lowest BCUT2D eigenvalue weighted by atomic mass is 10.1. The molecule has 3 aromatic rings. The van der Waals surface area contributed by atoms with E-state index in [2.05, 4.69) is 11.6 Å². The van der Waals surface area contributed by atoms with Crippen molar-refractivity contribution in [3.63, 3.8) is 0 Å². The first-order chi connectivity index (χ1) is 12.1. The number of thiazole rings is 1. The average molecular weight is 391 g/mol. The Morgan fingerprint density at radius 2 is 1.96 bits per heavy atom. The Balaban J connectivity index is 1.95. The standard InChI is InChI=1S/C19H16Cl2N2OS/c1-2-12-23-18-15(10-9-14(20)17(18)21)25-19(23)22-16(24)11-8-13-6-4-3-5-7-13/h2-7,9-10H,1,8,11-12H2. The summed E-state index contributed by atoms with van der Waals surface area (Å²) in [6, 6.07) is 13.5. The predicted molar refractivity (Wildman–Crippen MR) is 105 cm³/mol. The zero-order valence-corrected chi connectivity index (χ0v) is 15.7. The number of carbonyl (C=O) groups excluding carboxylic acids is 1. The van der Waals surface area contributed by atoms with Crippen molar-refractivity contribution in [2.75, 3.05) is 0 Å². The molecule has 0 unspecified atom stereocenters. The van der Waals surface area contributed by atoms with Crippen LogP contribution in [-0.2, 0) is 17.8 Å². The third kappa shape index (κ3) is 4.03. The van der Waals surface area contributed by atoms with Crippen molar-refractivity contribution < 1.29 is 4.79 Å². The number of halogens is 2. The van der Waals surface area contributed by atoms with Crippen molar-refractivity contribution in [3.05, 3.63) is 75.5 Å². The van der Waals surface area contributed by atoms with Gasteiger partial charge in [-0.2, -0.15) is 4.99 Å². The minimum atomic E-state index is -0.157. The maximum absolute atomic E-state index is 12.3. The van der Waals surface area contributed by atoms with E-state index in [0.717, 1.165) is 15.8 Å². The fourth-order valence-corrected chi connectivity index (χ4v) is 4.09. The monoisotopic (exact) mass is 390 g/mol. The molecule has 3 nitrogen and oxygen atoms in total. The molecular weight excluding hydrogens is 375 g/mol. The lowest BCUT2D eigenvalue weighted by molar-refractivity contribution is -0.118. The highest BCUT2D eigenvalue weighted by molar-refractivity contribution is 7.16. The van der Waals surface area contributed by atoms with Crippen molar-refractivity contribution in [2.24, 2.45) is 4.99 Å². The van der Waals surface area contributed by atoms with Crippen LogP contribution >= 0.6 is 34.5 Å². The third-order valence-electron chi connectivity index (χ3n) is 3.74. The molecule has 2 aromatic carbocycles. The fourth-order valence-electron chi connectivity index (χ4n) is 2.55. The van der Waals surface area contributed by atoms with Crippen LogP contribution in [0.4, 0.5) is 0 Å². The van der Waals surface area contributed by atoms with Crippen molar-refractivity contribution in [1.29, 1.82) is 0 Å². The van der Waals surface area contributed by atoms with Gasteiger partial charge in [0.05, 0.1) is 20.3 Å². The van der Waals surface area contributed by atoms with E-state index in [0.29, 0.717) is 34.2 Å². The van der Waals surface area contributed by atoms with Gasteiger partial charge in [0, 0.05) is 13.0 Å². The number of fused-ring (bicyclic) bond motifs is 1. The van der Waals surface area contributed by atoms with Crippen LogP contribution in [0.3, 0.4) is 0 Å². The Bertz CT molecular complexity index is 990. The number of allylic oxidation sites excluding steroid dienone is 1. The van der Waals surface area contributed by atoms with Gasteiger partial charge in [0.15, 0.2) is 4.80 Å². The molecule has 0 spiro atoms. The van der Waals surface area contributed by atoms with E-state index in [9.17, 15) is 4.79 Å². The summed E-state index contributed by atoms with van der Waals surface area (Å²) in [6.45, 7) is 4.28. The van der Waals surface area contributed by atoms with Gasteiger partial charge >= 0.3 is 0 Å². The van der Waals surface area contributed by atoms with Gasteiger partial charge in [-0.3, -0.25) is 4.79 Å². The molecule has 0 aliphatic heterocycles. The molecule has 3 rings (SSSR count). The second-order valence-corrected chi connectivity index (χ2v) is 7.28. The highest BCUT2D eigenvalue weighted by atomic mass is 35.5. The molecule has 0 radical (unpaired) electrons. The Kier molecular flexibility index (Phi) is 5.74. The molecule has 0 fully saturated rings. The van der Waals surface area contributed by atoms with E-state index in [-0.39, 0.29) is 5.91 Å². The van der Waals surface area contributed by atoms with Crippen LogP contribution in [0.2, 0.25) is 10.0 Å². The maximum atomic E-state index is 12.3. The maximum Gasteiger partial charge on any atom is 0.248 e. The summed E-state index contributed by atoms with van der Waals surface area (Å²) in [5, 5.41) is 0.946. The first-order valence-electron chi connectivity index (χ1n) is 7.80. The van der Waals surface area contributed by atoms with Crippen molar-refractivity contribution in [1.82, 2.24) is 4.57 Å². The molecule has 0 saturated carbocycles. The second kappa shape index (κ2) is 8.00. The first kappa shape index (κ1) is 17.9. The Labute approximate surface area is 159 Å². The number of amides is 1. The molecule has 0 aliphatic carbocycles. The van der Waals surface area contributed by atoms with E-state index in [4.69, 9.17) is 23.2 Å². The first-order valence-corrected chi connectivity index (χ1v) is 9.37. The highest BCUT2D eigenvalue weighted by Crippen LogP contribution is 2.32. The van der Waals surface area contributed by atoms with Crippen molar-refractivity contribution in [3.8, 4) is 0 Å². The van der Waals surface area contributed by atoms with Gasteiger partial charge in [0.25, 0.3) is 0 Å². The summed E-state index contributed by atoms with van der Waals surface area (Å²) in [6.07, 6.45) is 2.78. The average Bonchev–Trinajstić information content (AvgIpc) is 2.96. The molecule has 1 heterocycles. The zero-order valence-electron chi connectivity index (χ0n) is 13.4. The molecule has 0 bridgehead atoms. The van der Waals surface area contributed by atoms with E-state index in [1.165, 1.54) is 11.3 Å². The van der Waals surface area contributed by atoms with Gasteiger partial charge in [-0.1, -0.05) is 70.9 Å². The van der Waals surface area contributed by atoms with Crippen LogP contribution < -0.4 is 4.80 Å². The zero-order chi connectivity index (χ0) is 17.8. The van der Waals surface area contributed by atoms with Crippen molar-refractivity contribution in [2.45, 2.75) is 19.4 Å². The number of rotatable bonds is 5. The molecule has 6 heteroatoms. The number of hydrogen-bond donors (Lipinski definition) is 0. The fraction of sp³-hybridized carbons (Fsp3) is 0.158. The third-order valence-corrected chi connectivity index (χ3v) is 5.57. The van der Waals surface area contributed by atoms with Crippen molar-refractivity contribution >= 4 is 50.7 Å². The molecule has 1 amide bonds. The Hall–Kier alpha value is -1.88. The highest BCUT2D eigenvalue weighted by Gasteiger charge is 2.12. The number of hydrogen-bond acceptors (Lipinski definition) is 2. The van der Waals surface area contributed by atoms with Gasteiger partial charge in [0.1, 0.15) is 0 Å². The lowest BCUT2D eigenvalue weighted by Crippen LogP contribution is -2.16. The Morgan fingerprint density at radius 1 is 1.20 bits per heavy atom. The minimum Gasteiger partial charge on any atom is -0.311 e. The van der Waals surface area contributed by atoms with Gasteiger partial charge in [0.2, 0.25) is 5.91 Å².